The van der Waals surface area contributed by atoms with Crippen molar-refractivity contribution < 1.29 is 4.79 Å². The summed E-state index contributed by atoms with van der Waals surface area (Å²) in [4.78, 5) is 11.4. The highest BCUT2D eigenvalue weighted by molar-refractivity contribution is 5.92. The van der Waals surface area contributed by atoms with Gasteiger partial charge in [-0.2, -0.15) is 0 Å². The van der Waals surface area contributed by atoms with Crippen molar-refractivity contribution in [3.63, 3.8) is 0 Å². The molecule has 1 unspecified atom stereocenters. The Balaban J connectivity index is 4.38. The Labute approximate surface area is 86.8 Å². The summed E-state index contributed by atoms with van der Waals surface area (Å²) in [6.45, 7) is 11.2. The van der Waals surface area contributed by atoms with Crippen molar-refractivity contribution in [2.24, 2.45) is 5.73 Å². The lowest BCUT2D eigenvalue weighted by atomic mass is 9.92. The Bertz CT molecular complexity index is 216. The van der Waals surface area contributed by atoms with Crippen molar-refractivity contribution in [3.05, 3.63) is 12.2 Å². The van der Waals surface area contributed by atoms with E-state index in [9.17, 15) is 4.79 Å². The summed E-state index contributed by atoms with van der Waals surface area (Å²) in [6, 6.07) is 0.0108. The molecule has 3 heteroatoms. The smallest absolute Gasteiger partial charge is 0.246 e. The molecule has 0 bridgehead atoms. The topological polar surface area (TPSA) is 55.1 Å². The Morgan fingerprint density at radius 3 is 2.36 bits per heavy atom. The number of amides is 1. The zero-order chi connectivity index (χ0) is 11.4. The fraction of sp³-hybridized carbons (Fsp3) is 0.727. The van der Waals surface area contributed by atoms with Crippen LogP contribution in [0.25, 0.3) is 0 Å². The average Bonchev–Trinajstić information content (AvgIpc) is 2.01. The summed E-state index contributed by atoms with van der Waals surface area (Å²) in [5, 5.41) is 2.89. The molecule has 0 saturated heterocycles. The van der Waals surface area contributed by atoms with Crippen LogP contribution in [0.1, 0.15) is 40.5 Å². The quantitative estimate of drug-likeness (QED) is 0.659. The summed E-state index contributed by atoms with van der Waals surface area (Å²) in [6.07, 6.45) is 1.89. The van der Waals surface area contributed by atoms with E-state index in [1.165, 1.54) is 0 Å². The monoisotopic (exact) mass is 198 g/mol. The molecule has 3 N–H and O–H groups in total. The van der Waals surface area contributed by atoms with Crippen LogP contribution < -0.4 is 11.1 Å². The molecular weight excluding hydrogens is 176 g/mol. The molecular formula is C11H22N2O. The van der Waals surface area contributed by atoms with Crippen LogP contribution in [0, 0.1) is 0 Å². The number of nitrogens with two attached hydrogens (primary N) is 1. The molecule has 1 atom stereocenters. The number of hydrogen-bond donors (Lipinski definition) is 2. The molecule has 82 valence electrons. The van der Waals surface area contributed by atoms with E-state index < -0.39 is 0 Å². The SMILES string of the molecule is C=C(C)C(=O)NC(CCC)C(C)(C)N. The van der Waals surface area contributed by atoms with Gasteiger partial charge in [0.05, 0.1) is 0 Å². The predicted octanol–water partition coefficient (Wildman–Crippen LogP) is 1.58. The second-order valence-electron chi connectivity index (χ2n) is 4.42. The molecule has 0 heterocycles. The Morgan fingerprint density at radius 1 is 1.57 bits per heavy atom. The largest absolute Gasteiger partial charge is 0.348 e. The van der Waals surface area contributed by atoms with Gasteiger partial charge in [0.2, 0.25) is 5.91 Å². The first-order valence-corrected chi connectivity index (χ1v) is 5.04. The molecule has 0 rings (SSSR count). The minimum atomic E-state index is -0.388. The molecule has 0 saturated carbocycles. The van der Waals surface area contributed by atoms with Gasteiger partial charge < -0.3 is 11.1 Å². The van der Waals surface area contributed by atoms with Gasteiger partial charge in [0.15, 0.2) is 0 Å². The molecule has 0 fully saturated rings. The van der Waals surface area contributed by atoms with E-state index in [0.29, 0.717) is 5.57 Å². The molecule has 3 nitrogen and oxygen atoms in total. The van der Waals surface area contributed by atoms with E-state index in [2.05, 4.69) is 18.8 Å². The lowest BCUT2D eigenvalue weighted by molar-refractivity contribution is -0.118. The molecule has 0 radical (unpaired) electrons. The van der Waals surface area contributed by atoms with Crippen LogP contribution in [0.15, 0.2) is 12.2 Å². The zero-order valence-corrected chi connectivity index (χ0v) is 9.68. The van der Waals surface area contributed by atoms with Crippen molar-refractivity contribution in [1.29, 1.82) is 0 Å². The highest BCUT2D eigenvalue weighted by atomic mass is 16.1. The van der Waals surface area contributed by atoms with Gasteiger partial charge in [-0.1, -0.05) is 19.9 Å². The fourth-order valence-corrected chi connectivity index (χ4v) is 1.20. The Morgan fingerprint density at radius 2 is 2.07 bits per heavy atom. The Kier molecular flexibility index (Phi) is 4.85. The van der Waals surface area contributed by atoms with Gasteiger partial charge in [0.25, 0.3) is 0 Å². The van der Waals surface area contributed by atoms with E-state index in [0.717, 1.165) is 12.8 Å². The molecule has 0 aromatic rings. The fourth-order valence-electron chi connectivity index (χ4n) is 1.20. The van der Waals surface area contributed by atoms with Crippen LogP contribution in [0.4, 0.5) is 0 Å². The maximum atomic E-state index is 11.4. The second-order valence-corrected chi connectivity index (χ2v) is 4.42. The van der Waals surface area contributed by atoms with Crippen molar-refractivity contribution >= 4 is 5.91 Å². The highest BCUT2D eigenvalue weighted by Gasteiger charge is 2.25. The van der Waals surface area contributed by atoms with Gasteiger partial charge in [-0.3, -0.25) is 4.79 Å². The van der Waals surface area contributed by atoms with Crippen LogP contribution in [0.3, 0.4) is 0 Å². The first-order chi connectivity index (χ1) is 6.29. The van der Waals surface area contributed by atoms with Gasteiger partial charge in [-0.05, 0) is 27.2 Å². The maximum Gasteiger partial charge on any atom is 0.246 e. The maximum absolute atomic E-state index is 11.4. The van der Waals surface area contributed by atoms with Gasteiger partial charge in [0.1, 0.15) is 0 Å². The standard InChI is InChI=1S/C11H22N2O/c1-6-7-9(11(4,5)12)13-10(14)8(2)3/h9H,2,6-7,12H2,1,3-5H3,(H,13,14). The zero-order valence-electron chi connectivity index (χ0n) is 9.68. The van der Waals surface area contributed by atoms with Gasteiger partial charge in [-0.25, -0.2) is 0 Å². The predicted molar refractivity (Wildman–Crippen MR) is 59.9 cm³/mol. The molecule has 1 amide bonds. The number of carbonyl (C=O) groups excluding carboxylic acids is 1. The van der Waals surface area contributed by atoms with Crippen molar-refractivity contribution in [1.82, 2.24) is 5.32 Å². The number of rotatable bonds is 5. The molecule has 0 aromatic heterocycles. The van der Waals surface area contributed by atoms with Crippen molar-refractivity contribution in [3.8, 4) is 0 Å². The van der Waals surface area contributed by atoms with Crippen LogP contribution in [-0.2, 0) is 4.79 Å². The van der Waals surface area contributed by atoms with E-state index in [4.69, 9.17) is 5.73 Å². The summed E-state index contributed by atoms with van der Waals surface area (Å²) in [7, 11) is 0. The molecule has 0 aliphatic heterocycles. The third-order valence-corrected chi connectivity index (χ3v) is 2.17. The van der Waals surface area contributed by atoms with E-state index in [1.54, 1.807) is 6.92 Å². The van der Waals surface area contributed by atoms with Crippen molar-refractivity contribution in [2.75, 3.05) is 0 Å². The molecule has 0 aliphatic carbocycles. The minimum absolute atomic E-state index is 0.0108. The van der Waals surface area contributed by atoms with E-state index in [1.807, 2.05) is 13.8 Å². The lowest BCUT2D eigenvalue weighted by Crippen LogP contribution is -2.54. The van der Waals surface area contributed by atoms with Crippen LogP contribution >= 0.6 is 0 Å². The summed E-state index contributed by atoms with van der Waals surface area (Å²) < 4.78 is 0. The molecule has 0 aliphatic rings. The van der Waals surface area contributed by atoms with Crippen molar-refractivity contribution in [2.45, 2.75) is 52.1 Å². The number of hydrogen-bond acceptors (Lipinski definition) is 2. The summed E-state index contributed by atoms with van der Waals surface area (Å²) in [5.41, 5.74) is 6.11. The first-order valence-electron chi connectivity index (χ1n) is 5.04. The normalized spacial score (nSPS) is 13.5. The molecule has 0 aromatic carbocycles. The third kappa shape index (κ3) is 4.42. The molecule has 14 heavy (non-hydrogen) atoms. The van der Waals surface area contributed by atoms with Crippen LogP contribution in [0.2, 0.25) is 0 Å². The van der Waals surface area contributed by atoms with Gasteiger partial charge in [-0.15, -0.1) is 0 Å². The minimum Gasteiger partial charge on any atom is -0.348 e. The summed E-state index contributed by atoms with van der Waals surface area (Å²) >= 11 is 0. The number of nitrogens with one attached hydrogen (secondary N) is 1. The van der Waals surface area contributed by atoms with E-state index >= 15 is 0 Å². The summed E-state index contributed by atoms with van der Waals surface area (Å²) in [5.74, 6) is -0.109. The first kappa shape index (κ1) is 13.2. The second kappa shape index (κ2) is 5.15. The third-order valence-electron chi connectivity index (χ3n) is 2.17. The average molecular weight is 198 g/mol. The van der Waals surface area contributed by atoms with Gasteiger partial charge in [0, 0.05) is 17.2 Å². The lowest BCUT2D eigenvalue weighted by Gasteiger charge is -2.31. The Hall–Kier alpha value is -0.830. The van der Waals surface area contributed by atoms with Gasteiger partial charge >= 0.3 is 0 Å². The van der Waals surface area contributed by atoms with Crippen LogP contribution in [-0.4, -0.2) is 17.5 Å². The molecule has 0 spiro atoms. The highest BCUT2D eigenvalue weighted by Crippen LogP contribution is 2.11. The van der Waals surface area contributed by atoms with Crippen LogP contribution in [0.5, 0.6) is 0 Å². The number of carbonyl (C=O) groups is 1. The van der Waals surface area contributed by atoms with E-state index in [-0.39, 0.29) is 17.5 Å².